The van der Waals surface area contributed by atoms with Crippen LogP contribution in [0.4, 0.5) is 16.0 Å². The molecule has 0 spiro atoms. The van der Waals surface area contributed by atoms with Crippen molar-refractivity contribution in [1.29, 1.82) is 5.41 Å². The maximum Gasteiger partial charge on any atom is 0.141 e. The average molecular weight is 743 g/mol. The summed E-state index contributed by atoms with van der Waals surface area (Å²) in [5.41, 5.74) is 8.42. The van der Waals surface area contributed by atoms with E-state index in [-0.39, 0.29) is 11.2 Å². The van der Waals surface area contributed by atoms with Crippen LogP contribution in [0.5, 0.6) is 11.5 Å². The van der Waals surface area contributed by atoms with Crippen molar-refractivity contribution in [2.75, 3.05) is 70.5 Å². The van der Waals surface area contributed by atoms with Gasteiger partial charge in [0.2, 0.25) is 0 Å². The van der Waals surface area contributed by atoms with E-state index in [9.17, 15) is 4.39 Å². The van der Waals surface area contributed by atoms with E-state index in [1.807, 2.05) is 82.3 Å². The zero-order valence-corrected chi connectivity index (χ0v) is 33.1. The average Bonchev–Trinajstić information content (AvgIpc) is 3.60. The SMILES string of the molecule is C=C(C)C1(C)C=C1F.CC.CO.N=C(c1ccc(Oc2ccccc2)cc1)c1c(N)ncnc1NC1CCN(CC2CCN(CC3CCNCC3)C2)CC1. The first-order valence-electron chi connectivity index (χ1n) is 19.6. The molecule has 1 aliphatic carbocycles. The van der Waals surface area contributed by atoms with Gasteiger partial charge in [0.25, 0.3) is 0 Å². The topological polar surface area (TPSA) is 136 Å². The Balaban J connectivity index is 0.000000471. The van der Waals surface area contributed by atoms with Gasteiger partial charge in [-0.2, -0.15) is 0 Å². The van der Waals surface area contributed by atoms with E-state index in [4.69, 9.17) is 21.0 Å². The highest BCUT2D eigenvalue weighted by atomic mass is 19.1. The molecule has 2 aromatic carbocycles. The number of nitrogens with one attached hydrogen (secondary N) is 3. The molecule has 0 radical (unpaired) electrons. The van der Waals surface area contributed by atoms with E-state index in [1.165, 1.54) is 64.9 Å². The predicted molar refractivity (Wildman–Crippen MR) is 220 cm³/mol. The molecule has 3 saturated heterocycles. The Kier molecular flexibility index (Phi) is 16.6. The summed E-state index contributed by atoms with van der Waals surface area (Å²) >= 11 is 0. The fraction of sp³-hybridized carbons (Fsp3) is 0.512. The summed E-state index contributed by atoms with van der Waals surface area (Å²) in [6.45, 7) is 20.9. The summed E-state index contributed by atoms with van der Waals surface area (Å²) in [6.07, 6.45) is 9.15. The van der Waals surface area contributed by atoms with Crippen LogP contribution in [-0.4, -0.2) is 96.1 Å². The minimum absolute atomic E-state index is 0.0370. The van der Waals surface area contributed by atoms with E-state index in [0.717, 1.165) is 61.8 Å². The van der Waals surface area contributed by atoms with Crippen LogP contribution in [0.2, 0.25) is 0 Å². The van der Waals surface area contributed by atoms with Gasteiger partial charge >= 0.3 is 0 Å². The smallest absolute Gasteiger partial charge is 0.141 e. The molecule has 3 fully saturated rings. The normalized spacial score (nSPS) is 21.5. The molecule has 0 amide bonds. The second-order valence-corrected chi connectivity index (χ2v) is 14.6. The lowest BCUT2D eigenvalue weighted by Gasteiger charge is -2.34. The van der Waals surface area contributed by atoms with Crippen molar-refractivity contribution >= 4 is 17.3 Å². The molecule has 11 heteroatoms. The van der Waals surface area contributed by atoms with Gasteiger partial charge < -0.3 is 36.0 Å². The third kappa shape index (κ3) is 11.9. The first kappa shape index (κ1) is 42.6. The molecule has 2 atom stereocenters. The Labute approximate surface area is 322 Å². The van der Waals surface area contributed by atoms with Crippen molar-refractivity contribution in [2.45, 2.75) is 65.8 Å². The summed E-state index contributed by atoms with van der Waals surface area (Å²) in [5, 5.41) is 23.1. The first-order valence-corrected chi connectivity index (χ1v) is 19.6. The number of nitrogen functional groups attached to an aromatic ring is 1. The number of aliphatic hydroxyl groups is 1. The summed E-state index contributed by atoms with van der Waals surface area (Å²) in [4.78, 5) is 14.1. The van der Waals surface area contributed by atoms with Crippen molar-refractivity contribution in [1.82, 2.24) is 25.1 Å². The van der Waals surface area contributed by atoms with E-state index in [0.29, 0.717) is 34.7 Å². The zero-order valence-electron chi connectivity index (χ0n) is 33.1. The highest BCUT2D eigenvalue weighted by Crippen LogP contribution is 2.49. The molecule has 294 valence electrons. The van der Waals surface area contributed by atoms with Gasteiger partial charge in [0, 0.05) is 51.4 Å². The van der Waals surface area contributed by atoms with Gasteiger partial charge in [0.15, 0.2) is 0 Å². The summed E-state index contributed by atoms with van der Waals surface area (Å²) in [5.74, 6) is 4.07. The molecule has 3 aliphatic heterocycles. The molecule has 4 aliphatic rings. The lowest BCUT2D eigenvalue weighted by atomic mass is 9.97. The largest absolute Gasteiger partial charge is 0.457 e. The van der Waals surface area contributed by atoms with Crippen LogP contribution in [0.1, 0.15) is 70.9 Å². The molecule has 0 saturated carbocycles. The van der Waals surface area contributed by atoms with Crippen LogP contribution < -0.4 is 21.1 Å². The van der Waals surface area contributed by atoms with Gasteiger partial charge in [0.1, 0.15) is 35.3 Å². The number of para-hydroxylation sites is 1. The number of nitrogens with two attached hydrogens (primary N) is 1. The van der Waals surface area contributed by atoms with Gasteiger partial charge in [0.05, 0.1) is 16.7 Å². The van der Waals surface area contributed by atoms with Crippen molar-refractivity contribution in [2.24, 2.45) is 17.3 Å². The molecular formula is C43H63FN8O2. The fourth-order valence-electron chi connectivity index (χ4n) is 7.23. The van der Waals surface area contributed by atoms with Gasteiger partial charge in [-0.25, -0.2) is 14.4 Å². The molecule has 7 rings (SSSR count). The quantitative estimate of drug-likeness (QED) is 0.0998. The zero-order chi connectivity index (χ0) is 39.1. The highest BCUT2D eigenvalue weighted by Gasteiger charge is 2.40. The minimum atomic E-state index is -0.361. The maximum atomic E-state index is 12.2. The Morgan fingerprint density at radius 1 is 0.944 bits per heavy atom. The molecule has 4 heterocycles. The summed E-state index contributed by atoms with van der Waals surface area (Å²) in [7, 11) is 1.00. The number of rotatable bonds is 11. The van der Waals surface area contributed by atoms with Crippen molar-refractivity contribution in [3.8, 4) is 11.5 Å². The van der Waals surface area contributed by atoms with Crippen LogP contribution in [0, 0.1) is 22.7 Å². The highest BCUT2D eigenvalue weighted by molar-refractivity contribution is 6.16. The van der Waals surface area contributed by atoms with Crippen LogP contribution >= 0.6 is 0 Å². The lowest BCUT2D eigenvalue weighted by molar-refractivity contribution is 0.181. The Morgan fingerprint density at radius 2 is 1.54 bits per heavy atom. The van der Waals surface area contributed by atoms with Crippen molar-refractivity contribution < 1.29 is 14.2 Å². The van der Waals surface area contributed by atoms with Gasteiger partial charge in [-0.1, -0.05) is 44.2 Å². The standard InChI is InChI=1S/C33H44N8O.C7H9F.C2H6.CH4O/c34-31(26-6-8-29(9-7-26)42-28-4-2-1-3-5-28)30-32(35)37-23-38-33(30)39-27-13-18-40(19-14-27)21-25-12-17-41(22-25)20-24-10-15-36-16-11-24;1-5(2)7(3)4-6(7)8;2*1-2/h1-9,23-25,27,34,36H,10-22H2,(H3,35,37,38,39);4H,1H2,2-3H3;1-2H3;2H,1H3. The minimum Gasteiger partial charge on any atom is -0.457 e. The van der Waals surface area contributed by atoms with Crippen molar-refractivity contribution in [3.63, 3.8) is 0 Å². The third-order valence-electron chi connectivity index (χ3n) is 10.8. The van der Waals surface area contributed by atoms with Crippen molar-refractivity contribution in [3.05, 3.63) is 96.1 Å². The number of benzene rings is 2. The Morgan fingerprint density at radius 3 is 2.13 bits per heavy atom. The number of halogens is 1. The number of allylic oxidation sites excluding steroid dienone is 3. The Bertz CT molecular complexity index is 1640. The Hall–Kier alpha value is -4.16. The molecule has 1 aromatic heterocycles. The van der Waals surface area contributed by atoms with E-state index in [1.54, 1.807) is 6.08 Å². The molecule has 3 aromatic rings. The molecule has 6 N–H and O–H groups in total. The molecule has 10 nitrogen and oxygen atoms in total. The van der Waals surface area contributed by atoms with Gasteiger partial charge in [-0.3, -0.25) is 5.41 Å². The van der Waals surface area contributed by atoms with E-state index < -0.39 is 0 Å². The number of anilines is 2. The number of aliphatic hydroxyl groups excluding tert-OH is 1. The molecule has 54 heavy (non-hydrogen) atoms. The number of hydrogen-bond donors (Lipinski definition) is 5. The maximum absolute atomic E-state index is 12.2. The van der Waals surface area contributed by atoms with Crippen LogP contribution in [0.3, 0.4) is 0 Å². The second-order valence-electron chi connectivity index (χ2n) is 14.6. The van der Waals surface area contributed by atoms with E-state index in [2.05, 4.69) is 37.0 Å². The van der Waals surface area contributed by atoms with E-state index >= 15 is 0 Å². The number of ether oxygens (including phenoxy) is 1. The number of aromatic nitrogens is 2. The fourth-order valence-corrected chi connectivity index (χ4v) is 7.23. The number of piperidine rings is 2. The second kappa shape index (κ2) is 21.1. The number of likely N-dealkylation sites (tertiary alicyclic amines) is 2. The molecule has 0 bridgehead atoms. The van der Waals surface area contributed by atoms with Gasteiger partial charge in [-0.05, 0) is 120 Å². The van der Waals surface area contributed by atoms with Crippen LogP contribution in [0.15, 0.2) is 85.0 Å². The molecule has 2 unspecified atom stereocenters. The summed E-state index contributed by atoms with van der Waals surface area (Å²) < 4.78 is 18.1. The number of nitrogens with zero attached hydrogens (tertiary/aromatic N) is 4. The third-order valence-corrected chi connectivity index (χ3v) is 10.8. The van der Waals surface area contributed by atoms with Crippen LogP contribution in [-0.2, 0) is 0 Å². The molecular weight excluding hydrogens is 680 g/mol. The summed E-state index contributed by atoms with van der Waals surface area (Å²) in [6, 6.07) is 17.5. The number of hydrogen-bond acceptors (Lipinski definition) is 10. The lowest BCUT2D eigenvalue weighted by Crippen LogP contribution is -2.42. The first-order chi connectivity index (χ1) is 26.2. The monoisotopic (exact) mass is 743 g/mol. The van der Waals surface area contributed by atoms with Gasteiger partial charge in [-0.15, -0.1) is 0 Å². The predicted octanol–water partition coefficient (Wildman–Crippen LogP) is 7.54. The van der Waals surface area contributed by atoms with Crippen LogP contribution in [0.25, 0.3) is 0 Å².